The summed E-state index contributed by atoms with van der Waals surface area (Å²) in [5.41, 5.74) is -0.766. The summed E-state index contributed by atoms with van der Waals surface area (Å²) < 4.78 is 64.3. The molecule has 2 aromatic heterocycles. The van der Waals surface area contributed by atoms with Crippen LogP contribution in [0.15, 0.2) is 41.6 Å². The van der Waals surface area contributed by atoms with Crippen LogP contribution in [-0.2, 0) is 16.2 Å². The lowest BCUT2D eigenvalue weighted by molar-refractivity contribution is -0.367. The van der Waals surface area contributed by atoms with Crippen molar-refractivity contribution in [3.05, 3.63) is 47.4 Å². The van der Waals surface area contributed by atoms with E-state index in [0.29, 0.717) is 18.9 Å². The molecule has 3 rings (SSSR count). The first-order valence-electron chi connectivity index (χ1n) is 7.63. The molecule has 1 N–H and O–H groups in total. The van der Waals surface area contributed by atoms with Gasteiger partial charge in [0.1, 0.15) is 16.2 Å². The number of H-pyrrole nitrogens is 1. The standard InChI is InChI=1S/C15H14ClF3N4O2S/c16-13-3-2-12(10-20-13)26(24,25)23-7-5-22(6-8-23)14-4-1-11(9-21-14)15(17,18)19/h1-4,9-10H,5-8H2/p+1. The molecular weight excluding hydrogens is 393 g/mol. The van der Waals surface area contributed by atoms with Crippen molar-refractivity contribution in [1.29, 1.82) is 0 Å². The number of aromatic amines is 1. The number of hydrogen-bond acceptors (Lipinski definition) is 4. The summed E-state index contributed by atoms with van der Waals surface area (Å²) in [5, 5.41) is 0.201. The number of nitrogens with one attached hydrogen (secondary N) is 1. The molecule has 26 heavy (non-hydrogen) atoms. The zero-order valence-corrected chi connectivity index (χ0v) is 14.9. The van der Waals surface area contributed by atoms with Crippen LogP contribution in [-0.4, -0.2) is 43.9 Å². The molecule has 1 saturated heterocycles. The van der Waals surface area contributed by atoms with Gasteiger partial charge in [-0.3, -0.25) is 4.90 Å². The van der Waals surface area contributed by atoms with Gasteiger partial charge in [0.2, 0.25) is 10.0 Å². The molecule has 0 aromatic carbocycles. The predicted molar refractivity (Wildman–Crippen MR) is 88.2 cm³/mol. The first-order chi connectivity index (χ1) is 12.2. The second-order valence-corrected chi connectivity index (χ2v) is 7.99. The van der Waals surface area contributed by atoms with E-state index < -0.39 is 21.8 Å². The Balaban J connectivity index is 1.68. The molecule has 1 fully saturated rings. The van der Waals surface area contributed by atoms with E-state index in [1.807, 2.05) is 0 Å². The van der Waals surface area contributed by atoms with Crippen molar-refractivity contribution in [1.82, 2.24) is 9.29 Å². The van der Waals surface area contributed by atoms with Gasteiger partial charge in [-0.1, -0.05) is 11.6 Å². The maximum Gasteiger partial charge on any atom is 0.419 e. The summed E-state index contributed by atoms with van der Waals surface area (Å²) in [4.78, 5) is 8.25. The predicted octanol–water partition coefficient (Wildman–Crippen LogP) is 2.08. The maximum atomic E-state index is 12.6. The number of halogens is 4. The molecule has 140 valence electrons. The molecule has 0 unspecified atom stereocenters. The van der Waals surface area contributed by atoms with Gasteiger partial charge in [0.25, 0.3) is 5.82 Å². The van der Waals surface area contributed by atoms with E-state index in [9.17, 15) is 21.6 Å². The van der Waals surface area contributed by atoms with Crippen LogP contribution in [0.3, 0.4) is 0 Å². The minimum Gasteiger partial charge on any atom is -0.259 e. The van der Waals surface area contributed by atoms with Gasteiger partial charge in [0, 0.05) is 12.3 Å². The summed E-state index contributed by atoms with van der Waals surface area (Å²) in [5.74, 6) is 0.503. The van der Waals surface area contributed by atoms with Crippen molar-refractivity contribution in [3.63, 3.8) is 0 Å². The first-order valence-corrected chi connectivity index (χ1v) is 9.45. The summed E-state index contributed by atoms with van der Waals surface area (Å²) in [6, 6.07) is 5.13. The summed E-state index contributed by atoms with van der Waals surface area (Å²) >= 11 is 5.67. The van der Waals surface area contributed by atoms with Crippen LogP contribution in [0.5, 0.6) is 0 Å². The van der Waals surface area contributed by atoms with Crippen molar-refractivity contribution >= 4 is 27.4 Å². The van der Waals surface area contributed by atoms with Crippen LogP contribution < -0.4 is 9.88 Å². The monoisotopic (exact) mass is 407 g/mol. The van der Waals surface area contributed by atoms with E-state index >= 15 is 0 Å². The number of pyridine rings is 2. The molecule has 2 aromatic rings. The lowest BCUT2D eigenvalue weighted by atomic mass is 10.2. The zero-order valence-electron chi connectivity index (χ0n) is 13.4. The Labute approximate surface area is 153 Å². The van der Waals surface area contributed by atoms with Gasteiger partial charge in [0.15, 0.2) is 0 Å². The van der Waals surface area contributed by atoms with Gasteiger partial charge in [0.05, 0.1) is 31.7 Å². The summed E-state index contributed by atoms with van der Waals surface area (Å²) in [6.07, 6.45) is -2.31. The highest BCUT2D eigenvalue weighted by Gasteiger charge is 2.34. The Morgan fingerprint density at radius 1 is 1.08 bits per heavy atom. The Kier molecular flexibility index (Phi) is 5.09. The van der Waals surface area contributed by atoms with Crippen LogP contribution in [0.2, 0.25) is 5.15 Å². The molecule has 0 radical (unpaired) electrons. The molecule has 3 heterocycles. The minimum absolute atomic E-state index is 0.0523. The molecule has 0 bridgehead atoms. The lowest BCUT2D eigenvalue weighted by Gasteiger charge is -2.30. The molecular formula is C15H15ClF3N4O2S+. The second-order valence-electron chi connectivity index (χ2n) is 5.67. The third-order valence-corrected chi connectivity index (χ3v) is 6.15. The Hall–Kier alpha value is -1.91. The topological polar surface area (TPSA) is 67.7 Å². The Bertz CT molecular complexity index is 865. The highest BCUT2D eigenvalue weighted by atomic mass is 35.5. The van der Waals surface area contributed by atoms with E-state index in [4.69, 9.17) is 11.6 Å². The summed E-state index contributed by atoms with van der Waals surface area (Å²) in [7, 11) is -3.68. The fraction of sp³-hybridized carbons (Fsp3) is 0.333. The quantitative estimate of drug-likeness (QED) is 0.731. The molecule has 1 aliphatic rings. The number of aromatic nitrogens is 2. The van der Waals surface area contributed by atoms with Crippen molar-refractivity contribution in [2.45, 2.75) is 11.1 Å². The van der Waals surface area contributed by atoms with Crippen LogP contribution in [0.1, 0.15) is 5.56 Å². The number of anilines is 1. The molecule has 1 aliphatic heterocycles. The third kappa shape index (κ3) is 3.92. The molecule has 0 aliphatic carbocycles. The van der Waals surface area contributed by atoms with Crippen molar-refractivity contribution in [3.8, 4) is 0 Å². The minimum atomic E-state index is -4.41. The van der Waals surface area contributed by atoms with Crippen LogP contribution in [0, 0.1) is 0 Å². The van der Waals surface area contributed by atoms with Crippen molar-refractivity contribution < 1.29 is 26.6 Å². The first kappa shape index (κ1) is 18.9. The fourth-order valence-electron chi connectivity index (χ4n) is 2.62. The number of piperazine rings is 1. The van der Waals surface area contributed by atoms with E-state index in [-0.39, 0.29) is 23.1 Å². The van der Waals surface area contributed by atoms with Crippen molar-refractivity contribution in [2.75, 3.05) is 31.1 Å². The molecule has 11 heteroatoms. The van der Waals surface area contributed by atoms with Crippen LogP contribution in [0.4, 0.5) is 19.0 Å². The zero-order chi connectivity index (χ0) is 18.9. The Morgan fingerprint density at radius 3 is 2.27 bits per heavy atom. The molecule has 0 saturated carbocycles. The lowest BCUT2D eigenvalue weighted by Crippen LogP contribution is -2.50. The Morgan fingerprint density at radius 2 is 1.77 bits per heavy atom. The van der Waals surface area contributed by atoms with E-state index in [1.54, 1.807) is 4.90 Å². The number of sulfonamides is 1. The average molecular weight is 408 g/mol. The molecule has 0 spiro atoms. The van der Waals surface area contributed by atoms with Crippen LogP contribution >= 0.6 is 11.6 Å². The van der Waals surface area contributed by atoms with Gasteiger partial charge < -0.3 is 0 Å². The van der Waals surface area contributed by atoms with E-state index in [0.717, 1.165) is 12.3 Å². The molecule has 0 atom stereocenters. The van der Waals surface area contributed by atoms with Gasteiger partial charge in [-0.2, -0.15) is 17.5 Å². The van der Waals surface area contributed by atoms with Gasteiger partial charge >= 0.3 is 6.18 Å². The largest absolute Gasteiger partial charge is 0.419 e. The molecule has 6 nitrogen and oxygen atoms in total. The second kappa shape index (κ2) is 7.01. The van der Waals surface area contributed by atoms with Gasteiger partial charge in [-0.25, -0.2) is 18.4 Å². The van der Waals surface area contributed by atoms with E-state index in [2.05, 4.69) is 9.97 Å². The van der Waals surface area contributed by atoms with E-state index in [1.165, 1.54) is 28.7 Å². The van der Waals surface area contributed by atoms with Crippen molar-refractivity contribution in [2.24, 2.45) is 0 Å². The number of alkyl halides is 3. The normalized spacial score (nSPS) is 16.7. The fourth-order valence-corrected chi connectivity index (χ4v) is 4.10. The third-order valence-electron chi connectivity index (χ3n) is 4.04. The smallest absolute Gasteiger partial charge is 0.259 e. The van der Waals surface area contributed by atoms with Gasteiger partial charge in [-0.05, 0) is 18.2 Å². The van der Waals surface area contributed by atoms with Gasteiger partial charge in [-0.15, -0.1) is 0 Å². The number of rotatable bonds is 3. The SMILES string of the molecule is O=S(=O)(c1ccc(Cl)nc1)N1CCN(c2ccc(C(F)(F)F)c[nH+]2)CC1. The highest BCUT2D eigenvalue weighted by Crippen LogP contribution is 2.28. The highest BCUT2D eigenvalue weighted by molar-refractivity contribution is 7.89. The maximum absolute atomic E-state index is 12.6. The number of hydrogen-bond donors (Lipinski definition) is 0. The average Bonchev–Trinajstić information content (AvgIpc) is 2.62. The number of nitrogens with zero attached hydrogens (tertiary/aromatic N) is 3. The van der Waals surface area contributed by atoms with Crippen LogP contribution in [0.25, 0.3) is 0 Å². The summed E-state index contributed by atoms with van der Waals surface area (Å²) in [6.45, 7) is 1.11. The molecule has 0 amide bonds.